The third-order valence-electron chi connectivity index (χ3n) is 4.07. The molecule has 0 atom stereocenters. The molecule has 0 radical (unpaired) electrons. The number of phenolic OH excluding ortho intramolecular Hbond substituents is 1. The van der Waals surface area contributed by atoms with E-state index < -0.39 is 0 Å². The van der Waals surface area contributed by atoms with E-state index in [1.54, 1.807) is 11.1 Å². The highest BCUT2D eigenvalue weighted by Crippen LogP contribution is 2.38. The number of hydrogen-bond acceptors (Lipinski definition) is 3. The molecule has 26 heavy (non-hydrogen) atoms. The summed E-state index contributed by atoms with van der Waals surface area (Å²) in [6, 6.07) is 25.2. The fourth-order valence-corrected chi connectivity index (χ4v) is 2.70. The summed E-state index contributed by atoms with van der Waals surface area (Å²) in [5.41, 5.74) is 2.92. The summed E-state index contributed by atoms with van der Waals surface area (Å²) >= 11 is 0. The summed E-state index contributed by atoms with van der Waals surface area (Å²) in [7, 11) is 0. The predicted molar refractivity (Wildman–Crippen MR) is 106 cm³/mol. The van der Waals surface area contributed by atoms with Gasteiger partial charge in [0.25, 0.3) is 0 Å². The SMILES string of the molecule is CC(C)(C)c1cccc(N=NN(c2ccccc2)c2ccccc2)c1O. The molecule has 4 nitrogen and oxygen atoms in total. The first-order valence-corrected chi connectivity index (χ1v) is 8.61. The minimum atomic E-state index is -0.172. The highest BCUT2D eigenvalue weighted by Gasteiger charge is 2.20. The second-order valence-electron chi connectivity index (χ2n) is 7.10. The van der Waals surface area contributed by atoms with Crippen LogP contribution in [-0.2, 0) is 5.41 Å². The summed E-state index contributed by atoms with van der Waals surface area (Å²) in [5, 5.41) is 21.1. The van der Waals surface area contributed by atoms with Crippen LogP contribution >= 0.6 is 0 Å². The molecule has 3 aromatic rings. The molecule has 0 aliphatic rings. The molecule has 0 fully saturated rings. The van der Waals surface area contributed by atoms with Crippen LogP contribution in [-0.4, -0.2) is 5.11 Å². The van der Waals surface area contributed by atoms with Gasteiger partial charge in [0.1, 0.15) is 11.4 Å². The Bertz CT molecular complexity index is 845. The van der Waals surface area contributed by atoms with Gasteiger partial charge in [0, 0.05) is 5.56 Å². The lowest BCUT2D eigenvalue weighted by Gasteiger charge is -2.21. The predicted octanol–water partition coefficient (Wildman–Crippen LogP) is 6.53. The van der Waals surface area contributed by atoms with Crippen LogP contribution in [0.4, 0.5) is 17.1 Å². The number of rotatable bonds is 4. The van der Waals surface area contributed by atoms with Crippen molar-refractivity contribution >= 4 is 17.1 Å². The summed E-state index contributed by atoms with van der Waals surface area (Å²) in [6.07, 6.45) is 0. The van der Waals surface area contributed by atoms with Crippen LogP contribution in [0.3, 0.4) is 0 Å². The lowest BCUT2D eigenvalue weighted by Crippen LogP contribution is -2.11. The Balaban J connectivity index is 2.01. The molecular weight excluding hydrogens is 322 g/mol. The molecule has 0 saturated heterocycles. The summed E-state index contributed by atoms with van der Waals surface area (Å²) in [4.78, 5) is 0. The first-order valence-electron chi connectivity index (χ1n) is 8.61. The lowest BCUT2D eigenvalue weighted by molar-refractivity contribution is 0.447. The van der Waals surface area contributed by atoms with Gasteiger partial charge in [0.05, 0.1) is 11.4 Å². The van der Waals surface area contributed by atoms with Crippen LogP contribution < -0.4 is 5.01 Å². The Morgan fingerprint density at radius 1 is 0.731 bits per heavy atom. The van der Waals surface area contributed by atoms with Crippen LogP contribution in [0.5, 0.6) is 5.75 Å². The minimum Gasteiger partial charge on any atom is -0.505 e. The molecular formula is C22H23N3O. The highest BCUT2D eigenvalue weighted by atomic mass is 16.3. The van der Waals surface area contributed by atoms with Crippen molar-refractivity contribution in [3.63, 3.8) is 0 Å². The standard InChI is InChI=1S/C22H23N3O/c1-22(2,3)19-15-10-16-20(21(19)26)23-24-25(17-11-6-4-7-12-17)18-13-8-5-9-14-18/h4-16,26H,1-3H3. The molecule has 3 aromatic carbocycles. The second-order valence-corrected chi connectivity index (χ2v) is 7.10. The van der Waals surface area contributed by atoms with Gasteiger partial charge in [-0.05, 0) is 35.7 Å². The maximum Gasteiger partial charge on any atom is 0.146 e. The van der Waals surface area contributed by atoms with Crippen molar-refractivity contribution in [2.45, 2.75) is 26.2 Å². The maximum absolute atomic E-state index is 10.6. The van der Waals surface area contributed by atoms with Crippen LogP contribution in [0.2, 0.25) is 0 Å². The molecule has 0 spiro atoms. The number of para-hydroxylation sites is 3. The number of nitrogens with zero attached hydrogens (tertiary/aromatic N) is 3. The van der Waals surface area contributed by atoms with Crippen molar-refractivity contribution in [1.82, 2.24) is 0 Å². The van der Waals surface area contributed by atoms with E-state index in [4.69, 9.17) is 0 Å². The van der Waals surface area contributed by atoms with Crippen molar-refractivity contribution < 1.29 is 5.11 Å². The molecule has 0 aliphatic carbocycles. The summed E-state index contributed by atoms with van der Waals surface area (Å²) in [5.74, 6) is 0.171. The second kappa shape index (κ2) is 7.40. The first-order chi connectivity index (χ1) is 12.5. The molecule has 1 N–H and O–H groups in total. The smallest absolute Gasteiger partial charge is 0.146 e. The van der Waals surface area contributed by atoms with E-state index in [9.17, 15) is 5.11 Å². The van der Waals surface area contributed by atoms with Gasteiger partial charge in [-0.1, -0.05) is 74.5 Å². The number of phenols is 1. The van der Waals surface area contributed by atoms with Gasteiger partial charge in [-0.25, -0.2) is 5.01 Å². The molecule has 0 unspecified atom stereocenters. The van der Waals surface area contributed by atoms with E-state index in [1.165, 1.54) is 0 Å². The molecule has 0 aliphatic heterocycles. The average Bonchev–Trinajstić information content (AvgIpc) is 2.64. The van der Waals surface area contributed by atoms with Crippen LogP contribution in [0.1, 0.15) is 26.3 Å². The van der Waals surface area contributed by atoms with Crippen molar-refractivity contribution in [3.8, 4) is 5.75 Å². The Kier molecular flexibility index (Phi) is 5.03. The Morgan fingerprint density at radius 3 is 1.77 bits per heavy atom. The van der Waals surface area contributed by atoms with Gasteiger partial charge in [-0.3, -0.25) is 0 Å². The first kappa shape index (κ1) is 17.7. The van der Waals surface area contributed by atoms with Gasteiger partial charge in [-0.2, -0.15) is 0 Å². The molecule has 132 valence electrons. The zero-order chi connectivity index (χ0) is 18.6. The molecule has 0 heterocycles. The summed E-state index contributed by atoms with van der Waals surface area (Å²) < 4.78 is 0. The van der Waals surface area contributed by atoms with Crippen molar-refractivity contribution in [2.75, 3.05) is 5.01 Å². The van der Waals surface area contributed by atoms with Gasteiger partial charge in [-0.15, -0.1) is 5.11 Å². The quantitative estimate of drug-likeness (QED) is 0.432. The third kappa shape index (κ3) is 3.91. The van der Waals surface area contributed by atoms with Crippen LogP contribution in [0, 0.1) is 0 Å². The molecule has 3 rings (SSSR count). The monoisotopic (exact) mass is 345 g/mol. The van der Waals surface area contributed by atoms with Gasteiger partial charge in [0.15, 0.2) is 0 Å². The zero-order valence-corrected chi connectivity index (χ0v) is 15.3. The Labute approximate surface area is 154 Å². The molecule has 0 saturated carbocycles. The number of aromatic hydroxyl groups is 1. The van der Waals surface area contributed by atoms with E-state index in [2.05, 4.69) is 31.1 Å². The van der Waals surface area contributed by atoms with Crippen molar-refractivity contribution in [2.24, 2.45) is 10.3 Å². The van der Waals surface area contributed by atoms with E-state index in [1.807, 2.05) is 72.8 Å². The van der Waals surface area contributed by atoms with E-state index in [0.717, 1.165) is 16.9 Å². The third-order valence-corrected chi connectivity index (χ3v) is 4.07. The van der Waals surface area contributed by atoms with Crippen molar-refractivity contribution in [3.05, 3.63) is 84.4 Å². The topological polar surface area (TPSA) is 48.2 Å². The van der Waals surface area contributed by atoms with Gasteiger partial charge < -0.3 is 5.11 Å². The van der Waals surface area contributed by atoms with Gasteiger partial charge >= 0.3 is 0 Å². The van der Waals surface area contributed by atoms with E-state index >= 15 is 0 Å². The lowest BCUT2D eigenvalue weighted by atomic mass is 9.86. The van der Waals surface area contributed by atoms with Gasteiger partial charge in [0.2, 0.25) is 0 Å². The largest absolute Gasteiger partial charge is 0.505 e. The maximum atomic E-state index is 10.6. The van der Waals surface area contributed by atoms with Crippen molar-refractivity contribution in [1.29, 1.82) is 0 Å². The zero-order valence-electron chi connectivity index (χ0n) is 15.3. The average molecular weight is 345 g/mol. The van der Waals surface area contributed by atoms with E-state index in [-0.39, 0.29) is 11.2 Å². The molecule has 0 aromatic heterocycles. The minimum absolute atomic E-state index is 0.171. The molecule has 0 amide bonds. The van der Waals surface area contributed by atoms with Crippen LogP contribution in [0.15, 0.2) is 89.2 Å². The normalized spacial score (nSPS) is 11.7. The highest BCUT2D eigenvalue weighted by molar-refractivity contribution is 5.62. The van der Waals surface area contributed by atoms with Crippen LogP contribution in [0.25, 0.3) is 0 Å². The number of anilines is 2. The Morgan fingerprint density at radius 2 is 1.27 bits per heavy atom. The molecule has 4 heteroatoms. The number of benzene rings is 3. The fraction of sp³-hybridized carbons (Fsp3) is 0.182. The number of hydrogen-bond donors (Lipinski definition) is 1. The molecule has 0 bridgehead atoms. The fourth-order valence-electron chi connectivity index (χ4n) is 2.70. The summed E-state index contributed by atoms with van der Waals surface area (Å²) in [6.45, 7) is 6.18. The Hall–Kier alpha value is -3.14. The van der Waals surface area contributed by atoms with E-state index in [0.29, 0.717) is 5.69 Å².